The molecule has 0 aromatic heterocycles. The van der Waals surface area contributed by atoms with E-state index in [0.29, 0.717) is 18.4 Å². The Balaban J connectivity index is 2.43. The predicted molar refractivity (Wildman–Crippen MR) is 89.4 cm³/mol. The number of alkyl halides is 6. The second-order valence-electron chi connectivity index (χ2n) is 6.58. The van der Waals surface area contributed by atoms with Crippen molar-refractivity contribution in [3.8, 4) is 0 Å². The van der Waals surface area contributed by atoms with Crippen LogP contribution in [0, 0.1) is 0 Å². The van der Waals surface area contributed by atoms with Crippen LogP contribution in [0.1, 0.15) is 38.2 Å². The summed E-state index contributed by atoms with van der Waals surface area (Å²) in [6.07, 6.45) is -13.5. The molecular weight excluding hydrogens is 390 g/mol. The topological polar surface area (TPSA) is 40.6 Å². The van der Waals surface area contributed by atoms with E-state index in [-0.39, 0.29) is 18.7 Å². The normalized spacial score (nSPS) is 17.2. The third kappa shape index (κ3) is 5.62. The molecular formula is C18H20F6N2O2. The van der Waals surface area contributed by atoms with Gasteiger partial charge in [0.2, 0.25) is 11.8 Å². The summed E-state index contributed by atoms with van der Waals surface area (Å²) in [6, 6.07) is 6.26. The molecule has 0 aliphatic carbocycles. The van der Waals surface area contributed by atoms with Crippen LogP contribution in [0.25, 0.3) is 0 Å². The molecule has 1 atom stereocenters. The molecule has 0 spiro atoms. The van der Waals surface area contributed by atoms with Crippen molar-refractivity contribution in [3.05, 3.63) is 29.8 Å². The van der Waals surface area contributed by atoms with Gasteiger partial charge in [-0.15, -0.1) is 0 Å². The number of fused-ring (bicyclic) bond motifs is 1. The molecule has 1 aliphatic rings. The summed E-state index contributed by atoms with van der Waals surface area (Å²) in [5.41, 5.74) is 0.794. The highest BCUT2D eigenvalue weighted by molar-refractivity contribution is 5.96. The van der Waals surface area contributed by atoms with Crippen LogP contribution in [-0.2, 0) is 16.0 Å². The van der Waals surface area contributed by atoms with E-state index in [4.69, 9.17) is 0 Å². The van der Waals surface area contributed by atoms with Gasteiger partial charge in [-0.2, -0.15) is 26.3 Å². The number of halogens is 6. The molecule has 4 nitrogen and oxygen atoms in total. The Morgan fingerprint density at radius 1 is 1.07 bits per heavy atom. The van der Waals surface area contributed by atoms with Gasteiger partial charge in [-0.05, 0) is 30.9 Å². The van der Waals surface area contributed by atoms with Gasteiger partial charge < -0.3 is 4.90 Å². The third-order valence-corrected chi connectivity index (χ3v) is 4.34. The van der Waals surface area contributed by atoms with Crippen LogP contribution in [0.3, 0.4) is 0 Å². The zero-order chi connectivity index (χ0) is 21.1. The van der Waals surface area contributed by atoms with E-state index < -0.39 is 43.2 Å². The summed E-state index contributed by atoms with van der Waals surface area (Å²) in [7, 11) is 0. The van der Waals surface area contributed by atoms with Crippen LogP contribution < -0.4 is 4.90 Å². The second kappa shape index (κ2) is 8.40. The lowest BCUT2D eigenvalue weighted by molar-refractivity contribution is -0.163. The lowest BCUT2D eigenvalue weighted by atomic mass is 9.97. The highest BCUT2D eigenvalue weighted by atomic mass is 19.4. The van der Waals surface area contributed by atoms with Crippen LogP contribution in [0.5, 0.6) is 0 Å². The molecule has 10 heteroatoms. The summed E-state index contributed by atoms with van der Waals surface area (Å²) < 4.78 is 76.6. The van der Waals surface area contributed by atoms with Gasteiger partial charge in [-0.25, -0.2) is 0 Å². The summed E-state index contributed by atoms with van der Waals surface area (Å²) >= 11 is 0. The van der Waals surface area contributed by atoms with E-state index in [1.54, 1.807) is 19.1 Å². The van der Waals surface area contributed by atoms with Gasteiger partial charge in [0.25, 0.3) is 0 Å². The molecule has 2 rings (SSSR count). The van der Waals surface area contributed by atoms with Crippen LogP contribution in [0.4, 0.5) is 32.0 Å². The van der Waals surface area contributed by atoms with Crippen molar-refractivity contribution in [2.45, 2.75) is 57.5 Å². The molecule has 0 unspecified atom stereocenters. The summed E-state index contributed by atoms with van der Waals surface area (Å²) in [5, 5.41) is 0. The van der Waals surface area contributed by atoms with Gasteiger partial charge in [-0.3, -0.25) is 14.5 Å². The van der Waals surface area contributed by atoms with Crippen molar-refractivity contribution < 1.29 is 35.9 Å². The SMILES string of the molecule is CCCN(C(=O)CC(F)(F)F)[C@H]1CCc2ccccc2N1C(=O)CC(F)(F)F. The first-order chi connectivity index (χ1) is 12.9. The number of anilines is 1. The molecule has 2 amide bonds. The number of aryl methyl sites for hydroxylation is 1. The smallest absolute Gasteiger partial charge is 0.321 e. The highest BCUT2D eigenvalue weighted by Crippen LogP contribution is 2.35. The Hall–Kier alpha value is -2.26. The van der Waals surface area contributed by atoms with Crippen molar-refractivity contribution in [2.24, 2.45) is 0 Å². The standard InChI is InChI=1S/C18H20F6N2O2/c1-2-9-25(15(27)10-17(19,20)21)14-8-7-12-5-3-4-6-13(12)26(14)16(28)11-18(22,23)24/h3-6,14H,2,7-11H2,1H3/t14-/m1/s1. The van der Waals surface area contributed by atoms with Crippen LogP contribution >= 0.6 is 0 Å². The molecule has 0 saturated heterocycles. The van der Waals surface area contributed by atoms with E-state index in [0.717, 1.165) is 9.80 Å². The van der Waals surface area contributed by atoms with Gasteiger partial charge in [0.15, 0.2) is 0 Å². The molecule has 156 valence electrons. The van der Waals surface area contributed by atoms with Crippen LogP contribution in [0.15, 0.2) is 24.3 Å². The van der Waals surface area contributed by atoms with Crippen molar-refractivity contribution in [1.29, 1.82) is 0 Å². The Bertz CT molecular complexity index is 717. The lowest BCUT2D eigenvalue weighted by Gasteiger charge is -2.43. The highest BCUT2D eigenvalue weighted by Gasteiger charge is 2.43. The van der Waals surface area contributed by atoms with E-state index in [2.05, 4.69) is 0 Å². The molecule has 1 aliphatic heterocycles. The minimum Gasteiger partial charge on any atom is -0.321 e. The average molecular weight is 410 g/mol. The van der Waals surface area contributed by atoms with Crippen molar-refractivity contribution in [2.75, 3.05) is 11.4 Å². The Kier molecular flexibility index (Phi) is 6.61. The van der Waals surface area contributed by atoms with Gasteiger partial charge >= 0.3 is 12.4 Å². The fourth-order valence-electron chi connectivity index (χ4n) is 3.34. The van der Waals surface area contributed by atoms with Gasteiger partial charge in [0.05, 0.1) is 0 Å². The van der Waals surface area contributed by atoms with E-state index in [1.165, 1.54) is 12.1 Å². The lowest BCUT2D eigenvalue weighted by Crippen LogP contribution is -2.56. The fourth-order valence-corrected chi connectivity index (χ4v) is 3.34. The Labute approximate surface area is 158 Å². The number of carbonyl (C=O) groups excluding carboxylic acids is 2. The maximum atomic E-state index is 12.8. The maximum Gasteiger partial charge on any atom is 0.397 e. The number of carbonyl (C=O) groups is 2. The predicted octanol–water partition coefficient (Wildman–Crippen LogP) is 4.44. The van der Waals surface area contributed by atoms with Crippen LogP contribution in [0.2, 0.25) is 0 Å². The largest absolute Gasteiger partial charge is 0.397 e. The summed E-state index contributed by atoms with van der Waals surface area (Å²) in [4.78, 5) is 26.4. The number of para-hydroxylation sites is 1. The quantitative estimate of drug-likeness (QED) is 0.674. The molecule has 1 heterocycles. The van der Waals surface area contributed by atoms with Crippen molar-refractivity contribution >= 4 is 17.5 Å². The second-order valence-corrected chi connectivity index (χ2v) is 6.58. The van der Waals surface area contributed by atoms with Crippen molar-refractivity contribution in [3.63, 3.8) is 0 Å². The summed E-state index contributed by atoms with van der Waals surface area (Å²) in [6.45, 7) is 1.53. The molecule has 0 bridgehead atoms. The average Bonchev–Trinajstić information content (AvgIpc) is 2.55. The molecule has 28 heavy (non-hydrogen) atoms. The van der Waals surface area contributed by atoms with E-state index >= 15 is 0 Å². The molecule has 0 saturated carbocycles. The Morgan fingerprint density at radius 3 is 2.25 bits per heavy atom. The molecule has 0 radical (unpaired) electrons. The number of rotatable bonds is 5. The van der Waals surface area contributed by atoms with Gasteiger partial charge in [-0.1, -0.05) is 25.1 Å². The number of hydrogen-bond donors (Lipinski definition) is 0. The van der Waals surface area contributed by atoms with E-state index in [1.807, 2.05) is 0 Å². The molecule has 0 N–H and O–H groups in total. The molecule has 1 aromatic carbocycles. The first kappa shape index (κ1) is 22.0. The van der Waals surface area contributed by atoms with E-state index in [9.17, 15) is 35.9 Å². The monoisotopic (exact) mass is 410 g/mol. The summed E-state index contributed by atoms with van der Waals surface area (Å²) in [5.74, 6) is -2.56. The number of amides is 2. The molecule has 1 aromatic rings. The van der Waals surface area contributed by atoms with Crippen molar-refractivity contribution in [1.82, 2.24) is 4.90 Å². The first-order valence-corrected chi connectivity index (χ1v) is 8.76. The third-order valence-electron chi connectivity index (χ3n) is 4.34. The van der Waals surface area contributed by atoms with Gasteiger partial charge in [0, 0.05) is 12.2 Å². The maximum absolute atomic E-state index is 12.8. The zero-order valence-corrected chi connectivity index (χ0v) is 15.1. The number of nitrogens with zero attached hydrogens (tertiary/aromatic N) is 2. The zero-order valence-electron chi connectivity index (χ0n) is 15.1. The van der Waals surface area contributed by atoms with Crippen LogP contribution in [-0.4, -0.2) is 41.8 Å². The van der Waals surface area contributed by atoms with Gasteiger partial charge in [0.1, 0.15) is 19.0 Å². The number of hydrogen-bond acceptors (Lipinski definition) is 2. The minimum atomic E-state index is -4.78. The molecule has 0 fully saturated rings. The number of benzene rings is 1. The Morgan fingerprint density at radius 2 is 1.68 bits per heavy atom. The minimum absolute atomic E-state index is 0.0597. The fraction of sp³-hybridized carbons (Fsp3) is 0.556. The first-order valence-electron chi connectivity index (χ1n) is 8.76.